The molecule has 0 amide bonds. The van der Waals surface area contributed by atoms with Crippen LogP contribution in [0.4, 0.5) is 4.39 Å². The molecule has 0 unspecified atom stereocenters. The number of nitrogens with zero attached hydrogens (tertiary/aromatic N) is 3. The summed E-state index contributed by atoms with van der Waals surface area (Å²) in [5.74, 6) is 0.552. The summed E-state index contributed by atoms with van der Waals surface area (Å²) in [7, 11) is 1.90. The van der Waals surface area contributed by atoms with Gasteiger partial charge in [0.05, 0.1) is 18.4 Å². The third-order valence-electron chi connectivity index (χ3n) is 3.36. The van der Waals surface area contributed by atoms with Gasteiger partial charge in [-0.05, 0) is 12.1 Å². The second kappa shape index (κ2) is 5.42. The molecule has 0 atom stereocenters. The van der Waals surface area contributed by atoms with Crippen molar-refractivity contribution in [1.82, 2.24) is 24.8 Å². The number of para-hydroxylation sites is 1. The molecule has 0 aliphatic rings. The van der Waals surface area contributed by atoms with Crippen molar-refractivity contribution in [1.29, 1.82) is 0 Å². The van der Waals surface area contributed by atoms with E-state index in [2.05, 4.69) is 20.3 Å². The minimum atomic E-state index is -0.276. The number of aryl methyl sites for hydroxylation is 1. The first-order chi connectivity index (χ1) is 9.75. The number of hydrogen-bond donors (Lipinski definition) is 2. The number of benzene rings is 1. The van der Waals surface area contributed by atoms with Gasteiger partial charge in [-0.3, -0.25) is 0 Å². The Morgan fingerprint density at radius 1 is 1.40 bits per heavy atom. The zero-order valence-electron chi connectivity index (χ0n) is 11.2. The maximum Gasteiger partial charge on any atom is 0.151 e. The lowest BCUT2D eigenvalue weighted by atomic mass is 10.3. The van der Waals surface area contributed by atoms with Crippen LogP contribution in [0.3, 0.4) is 0 Å². The number of H-pyrrole nitrogens is 1. The van der Waals surface area contributed by atoms with E-state index in [0.29, 0.717) is 12.1 Å². The average molecular weight is 273 g/mol. The highest BCUT2D eigenvalue weighted by molar-refractivity contribution is 5.76. The Bertz CT molecular complexity index is 702. The lowest BCUT2D eigenvalue weighted by Crippen LogP contribution is -2.19. The van der Waals surface area contributed by atoms with Crippen molar-refractivity contribution in [2.45, 2.75) is 13.0 Å². The molecule has 20 heavy (non-hydrogen) atoms. The topological polar surface area (TPSA) is 58.5 Å². The molecule has 0 aliphatic carbocycles. The van der Waals surface area contributed by atoms with E-state index in [9.17, 15) is 4.39 Å². The fourth-order valence-electron chi connectivity index (χ4n) is 2.23. The van der Waals surface area contributed by atoms with Crippen molar-refractivity contribution in [3.8, 4) is 0 Å². The molecule has 0 fully saturated rings. The summed E-state index contributed by atoms with van der Waals surface area (Å²) < 4.78 is 15.6. The quantitative estimate of drug-likeness (QED) is 0.697. The first-order valence-electron chi connectivity index (χ1n) is 6.53. The molecule has 3 aromatic rings. The molecular weight excluding hydrogens is 257 g/mol. The highest BCUT2D eigenvalue weighted by Crippen LogP contribution is 2.17. The van der Waals surface area contributed by atoms with Gasteiger partial charge in [-0.25, -0.2) is 14.4 Å². The van der Waals surface area contributed by atoms with Crippen LogP contribution in [0.15, 0.2) is 30.7 Å². The van der Waals surface area contributed by atoms with Gasteiger partial charge in [-0.15, -0.1) is 0 Å². The average Bonchev–Trinajstić information content (AvgIpc) is 3.06. The van der Waals surface area contributed by atoms with E-state index < -0.39 is 0 Å². The van der Waals surface area contributed by atoms with Gasteiger partial charge in [0.25, 0.3) is 0 Å². The van der Waals surface area contributed by atoms with Crippen LogP contribution in [0.2, 0.25) is 0 Å². The SMILES string of the molecule is Cn1c(CNCCc2cnc[nH]2)nc2c(F)cccc21. The fourth-order valence-corrected chi connectivity index (χ4v) is 2.23. The molecule has 104 valence electrons. The maximum absolute atomic E-state index is 13.6. The van der Waals surface area contributed by atoms with Gasteiger partial charge in [-0.1, -0.05) is 6.07 Å². The molecular formula is C14H16FN5. The molecule has 2 heterocycles. The van der Waals surface area contributed by atoms with Gasteiger partial charge in [0.15, 0.2) is 5.82 Å². The molecule has 0 saturated heterocycles. The van der Waals surface area contributed by atoms with Crippen LogP contribution in [0, 0.1) is 5.82 Å². The molecule has 2 N–H and O–H groups in total. The third kappa shape index (κ3) is 2.42. The second-order valence-corrected chi connectivity index (χ2v) is 4.70. The molecule has 0 radical (unpaired) electrons. The molecule has 6 heteroatoms. The lowest BCUT2D eigenvalue weighted by Gasteiger charge is -2.04. The Morgan fingerprint density at radius 2 is 2.30 bits per heavy atom. The predicted octanol–water partition coefficient (Wildman–Crippen LogP) is 1.77. The van der Waals surface area contributed by atoms with E-state index in [4.69, 9.17) is 0 Å². The van der Waals surface area contributed by atoms with Crippen molar-refractivity contribution in [3.63, 3.8) is 0 Å². The number of hydrogen-bond acceptors (Lipinski definition) is 3. The molecule has 3 rings (SSSR count). The highest BCUT2D eigenvalue weighted by atomic mass is 19.1. The van der Waals surface area contributed by atoms with E-state index in [1.54, 1.807) is 12.4 Å². The van der Waals surface area contributed by atoms with E-state index in [1.165, 1.54) is 6.07 Å². The summed E-state index contributed by atoms with van der Waals surface area (Å²) in [5.41, 5.74) is 2.34. The van der Waals surface area contributed by atoms with Crippen molar-refractivity contribution in [2.24, 2.45) is 7.05 Å². The maximum atomic E-state index is 13.6. The number of rotatable bonds is 5. The number of nitrogens with one attached hydrogen (secondary N) is 2. The normalized spacial score (nSPS) is 11.3. The smallest absolute Gasteiger partial charge is 0.151 e. The van der Waals surface area contributed by atoms with Crippen LogP contribution in [0.1, 0.15) is 11.5 Å². The number of imidazole rings is 2. The summed E-state index contributed by atoms with van der Waals surface area (Å²) in [4.78, 5) is 11.4. The van der Waals surface area contributed by atoms with Gasteiger partial charge < -0.3 is 14.9 Å². The first kappa shape index (κ1) is 12.8. The number of aromatic amines is 1. The van der Waals surface area contributed by atoms with Crippen LogP contribution in [0.25, 0.3) is 11.0 Å². The highest BCUT2D eigenvalue weighted by Gasteiger charge is 2.10. The molecule has 1 aromatic carbocycles. The van der Waals surface area contributed by atoms with Crippen molar-refractivity contribution in [3.05, 3.63) is 48.1 Å². The van der Waals surface area contributed by atoms with Crippen LogP contribution in [-0.2, 0) is 20.0 Å². The van der Waals surface area contributed by atoms with Crippen LogP contribution >= 0.6 is 0 Å². The number of fused-ring (bicyclic) bond motifs is 1. The Kier molecular flexibility index (Phi) is 3.47. The third-order valence-corrected chi connectivity index (χ3v) is 3.36. The van der Waals surface area contributed by atoms with Gasteiger partial charge in [0, 0.05) is 31.9 Å². The van der Waals surface area contributed by atoms with Crippen LogP contribution in [0.5, 0.6) is 0 Å². The summed E-state index contributed by atoms with van der Waals surface area (Å²) in [6.07, 6.45) is 4.36. The minimum Gasteiger partial charge on any atom is -0.348 e. The van der Waals surface area contributed by atoms with Crippen molar-refractivity contribution < 1.29 is 4.39 Å². The molecule has 0 spiro atoms. The van der Waals surface area contributed by atoms with E-state index in [1.807, 2.05) is 23.9 Å². The summed E-state index contributed by atoms with van der Waals surface area (Å²) >= 11 is 0. The summed E-state index contributed by atoms with van der Waals surface area (Å²) in [6, 6.07) is 5.01. The van der Waals surface area contributed by atoms with E-state index in [-0.39, 0.29) is 5.82 Å². The van der Waals surface area contributed by atoms with Crippen molar-refractivity contribution >= 4 is 11.0 Å². The van der Waals surface area contributed by atoms with Crippen LogP contribution < -0.4 is 5.32 Å². The molecule has 0 aliphatic heterocycles. The Hall–Kier alpha value is -2.21. The van der Waals surface area contributed by atoms with Gasteiger partial charge in [-0.2, -0.15) is 0 Å². The van der Waals surface area contributed by atoms with Gasteiger partial charge in [0.2, 0.25) is 0 Å². The zero-order chi connectivity index (χ0) is 13.9. The molecule has 2 aromatic heterocycles. The summed E-state index contributed by atoms with van der Waals surface area (Å²) in [6.45, 7) is 1.42. The van der Waals surface area contributed by atoms with Crippen molar-refractivity contribution in [2.75, 3.05) is 6.54 Å². The van der Waals surface area contributed by atoms with E-state index in [0.717, 1.165) is 30.0 Å². The van der Waals surface area contributed by atoms with Crippen LogP contribution in [-0.4, -0.2) is 26.1 Å². The fraction of sp³-hybridized carbons (Fsp3) is 0.286. The standard InChI is InChI=1S/C14H16FN5/c1-20-12-4-2-3-11(15)14(12)19-13(20)8-16-6-5-10-7-17-9-18-10/h2-4,7,9,16H,5-6,8H2,1H3,(H,17,18). The first-order valence-corrected chi connectivity index (χ1v) is 6.53. The minimum absolute atomic E-state index is 0.276. The predicted molar refractivity (Wildman–Crippen MR) is 74.7 cm³/mol. The van der Waals surface area contributed by atoms with E-state index >= 15 is 0 Å². The monoisotopic (exact) mass is 273 g/mol. The number of aromatic nitrogens is 4. The summed E-state index contributed by atoms with van der Waals surface area (Å²) in [5, 5.41) is 3.31. The molecule has 0 bridgehead atoms. The lowest BCUT2D eigenvalue weighted by molar-refractivity contribution is 0.631. The zero-order valence-corrected chi connectivity index (χ0v) is 11.2. The Balaban J connectivity index is 1.65. The largest absolute Gasteiger partial charge is 0.348 e. The Morgan fingerprint density at radius 3 is 3.05 bits per heavy atom. The van der Waals surface area contributed by atoms with Gasteiger partial charge in [0.1, 0.15) is 11.3 Å². The Labute approximate surface area is 115 Å². The van der Waals surface area contributed by atoms with Gasteiger partial charge >= 0.3 is 0 Å². The second-order valence-electron chi connectivity index (χ2n) is 4.70. The molecule has 5 nitrogen and oxygen atoms in total. The molecule has 0 saturated carbocycles. The number of halogens is 1.